The Kier molecular flexibility index (Phi) is 4.22. The summed E-state index contributed by atoms with van der Waals surface area (Å²) in [5.74, 6) is 1.73. The molecule has 26 heavy (non-hydrogen) atoms. The number of H-pyrrole nitrogens is 1. The van der Waals surface area contributed by atoms with Gasteiger partial charge in [-0.15, -0.1) is 0 Å². The second-order valence-electron chi connectivity index (χ2n) is 6.94. The van der Waals surface area contributed by atoms with Crippen LogP contribution in [0.25, 0.3) is 11.3 Å². The lowest BCUT2D eigenvalue weighted by Crippen LogP contribution is -2.32. The van der Waals surface area contributed by atoms with Crippen molar-refractivity contribution in [3.63, 3.8) is 0 Å². The van der Waals surface area contributed by atoms with E-state index in [4.69, 9.17) is 4.74 Å². The average molecular weight is 343 g/mol. The molecule has 0 aliphatic heterocycles. The van der Waals surface area contributed by atoms with E-state index in [0.29, 0.717) is 6.61 Å². The van der Waals surface area contributed by atoms with Gasteiger partial charge in [0.05, 0.1) is 23.4 Å². The monoisotopic (exact) mass is 343 g/mol. The molecule has 0 atom stereocenters. The number of imidazole rings is 1. The van der Waals surface area contributed by atoms with E-state index in [2.05, 4.69) is 40.3 Å². The Bertz CT molecular complexity index is 946. The van der Waals surface area contributed by atoms with Crippen LogP contribution in [-0.2, 0) is 12.0 Å². The Balaban J connectivity index is 1.44. The van der Waals surface area contributed by atoms with Crippen LogP contribution in [0.2, 0.25) is 0 Å². The van der Waals surface area contributed by atoms with Crippen molar-refractivity contribution < 1.29 is 4.74 Å². The Morgan fingerprint density at radius 1 is 1.19 bits per heavy atom. The van der Waals surface area contributed by atoms with E-state index in [9.17, 15) is 5.26 Å². The van der Waals surface area contributed by atoms with E-state index in [1.54, 1.807) is 0 Å². The van der Waals surface area contributed by atoms with Crippen LogP contribution in [0.5, 0.6) is 5.75 Å². The molecule has 4 heteroatoms. The molecule has 0 saturated heterocycles. The van der Waals surface area contributed by atoms with Crippen LogP contribution in [0.4, 0.5) is 0 Å². The number of hydrogen-bond acceptors (Lipinski definition) is 3. The normalized spacial score (nSPS) is 15.1. The minimum atomic E-state index is -0.302. The maximum Gasteiger partial charge on any atom is 0.120 e. The number of ether oxygens (including phenoxy) is 1. The minimum Gasteiger partial charge on any atom is -0.489 e. The summed E-state index contributed by atoms with van der Waals surface area (Å²) in [5, 5.41) is 9.51. The Morgan fingerprint density at radius 3 is 2.62 bits per heavy atom. The van der Waals surface area contributed by atoms with Gasteiger partial charge < -0.3 is 9.72 Å². The summed E-state index contributed by atoms with van der Waals surface area (Å²) in [5.41, 5.74) is 4.01. The van der Waals surface area contributed by atoms with Gasteiger partial charge in [-0.25, -0.2) is 4.98 Å². The van der Waals surface area contributed by atoms with Gasteiger partial charge in [0, 0.05) is 0 Å². The first kappa shape index (κ1) is 16.4. The van der Waals surface area contributed by atoms with Gasteiger partial charge in [-0.3, -0.25) is 0 Å². The molecule has 0 unspecified atom stereocenters. The maximum atomic E-state index is 9.51. The zero-order valence-electron chi connectivity index (χ0n) is 14.8. The number of aromatic amines is 1. The maximum absolute atomic E-state index is 9.51. The summed E-state index contributed by atoms with van der Waals surface area (Å²) >= 11 is 0. The Hall–Kier alpha value is -3.06. The van der Waals surface area contributed by atoms with Gasteiger partial charge in [0.25, 0.3) is 0 Å². The van der Waals surface area contributed by atoms with Crippen molar-refractivity contribution in [3.8, 4) is 23.1 Å². The largest absolute Gasteiger partial charge is 0.489 e. The smallest absolute Gasteiger partial charge is 0.120 e. The first-order chi connectivity index (χ1) is 12.7. The van der Waals surface area contributed by atoms with Gasteiger partial charge in [-0.05, 0) is 55.0 Å². The molecule has 4 rings (SSSR count). The molecule has 1 N–H and O–H groups in total. The second-order valence-corrected chi connectivity index (χ2v) is 6.94. The number of nitrogens with zero attached hydrogens (tertiary/aromatic N) is 2. The van der Waals surface area contributed by atoms with Crippen LogP contribution in [0, 0.1) is 18.3 Å². The van der Waals surface area contributed by atoms with Crippen molar-refractivity contribution in [1.29, 1.82) is 5.26 Å². The van der Waals surface area contributed by atoms with Gasteiger partial charge in [0.15, 0.2) is 0 Å². The van der Waals surface area contributed by atoms with E-state index >= 15 is 0 Å². The number of aromatic nitrogens is 2. The quantitative estimate of drug-likeness (QED) is 0.716. The lowest BCUT2D eigenvalue weighted by molar-refractivity contribution is 0.299. The predicted molar refractivity (Wildman–Crippen MR) is 101 cm³/mol. The number of benzene rings is 2. The molecular weight excluding hydrogens is 322 g/mol. The van der Waals surface area contributed by atoms with Crippen LogP contribution in [0.15, 0.2) is 54.7 Å². The molecule has 2 aromatic carbocycles. The molecule has 0 spiro atoms. The fraction of sp³-hybridized carbons (Fsp3) is 0.273. The standard InChI is InChI=1S/C22H21N3O/c1-16-24-13-21(25-16)18-8-6-17(7-9-18)14-26-20-5-2-4-19(12-20)22(15-23)10-3-11-22/h2,4-9,12-13H,3,10-11,14H2,1H3,(H,24,25). The summed E-state index contributed by atoms with van der Waals surface area (Å²) in [7, 11) is 0. The zero-order chi connectivity index (χ0) is 18.0. The molecule has 0 radical (unpaired) electrons. The molecule has 0 bridgehead atoms. The minimum absolute atomic E-state index is 0.302. The van der Waals surface area contributed by atoms with Gasteiger partial charge in [0.1, 0.15) is 18.2 Å². The summed E-state index contributed by atoms with van der Waals surface area (Å²) in [6.45, 7) is 2.45. The summed E-state index contributed by atoms with van der Waals surface area (Å²) < 4.78 is 5.96. The van der Waals surface area contributed by atoms with E-state index < -0.39 is 0 Å². The fourth-order valence-corrected chi connectivity index (χ4v) is 3.39. The van der Waals surface area contributed by atoms with E-state index in [1.165, 1.54) is 0 Å². The van der Waals surface area contributed by atoms with Crippen LogP contribution in [0.3, 0.4) is 0 Å². The third kappa shape index (κ3) is 3.09. The van der Waals surface area contributed by atoms with Crippen LogP contribution in [0.1, 0.15) is 36.2 Å². The second kappa shape index (κ2) is 6.68. The Labute approximate surface area is 153 Å². The SMILES string of the molecule is Cc1ncc(-c2ccc(COc3cccc(C4(C#N)CCC4)c3)cc2)[nH]1. The summed E-state index contributed by atoms with van der Waals surface area (Å²) in [4.78, 5) is 7.47. The molecule has 0 amide bonds. The summed E-state index contributed by atoms with van der Waals surface area (Å²) in [6.07, 6.45) is 4.86. The van der Waals surface area contributed by atoms with Crippen molar-refractivity contribution in [2.45, 2.75) is 38.2 Å². The number of hydrogen-bond donors (Lipinski definition) is 1. The molecule has 1 heterocycles. The highest BCUT2D eigenvalue weighted by atomic mass is 16.5. The van der Waals surface area contributed by atoms with Gasteiger partial charge >= 0.3 is 0 Å². The van der Waals surface area contributed by atoms with Crippen molar-refractivity contribution in [3.05, 3.63) is 71.7 Å². The molecule has 4 nitrogen and oxygen atoms in total. The summed E-state index contributed by atoms with van der Waals surface area (Å²) in [6, 6.07) is 18.8. The van der Waals surface area contributed by atoms with Gasteiger partial charge in [-0.2, -0.15) is 5.26 Å². The van der Waals surface area contributed by atoms with Gasteiger partial charge in [0.2, 0.25) is 0 Å². The highest BCUT2D eigenvalue weighted by molar-refractivity contribution is 5.58. The van der Waals surface area contributed by atoms with Gasteiger partial charge in [-0.1, -0.05) is 36.4 Å². The highest BCUT2D eigenvalue weighted by Gasteiger charge is 2.39. The molecule has 1 aromatic heterocycles. The first-order valence-corrected chi connectivity index (χ1v) is 8.94. The van der Waals surface area contributed by atoms with E-state index in [1.807, 2.05) is 37.4 Å². The van der Waals surface area contributed by atoms with E-state index in [0.717, 1.165) is 53.2 Å². The van der Waals surface area contributed by atoms with Crippen molar-refractivity contribution in [2.75, 3.05) is 0 Å². The fourth-order valence-electron chi connectivity index (χ4n) is 3.39. The number of nitriles is 1. The topological polar surface area (TPSA) is 61.7 Å². The van der Waals surface area contributed by atoms with E-state index in [-0.39, 0.29) is 5.41 Å². The number of aryl methyl sites for hydroxylation is 1. The van der Waals surface area contributed by atoms with Crippen molar-refractivity contribution in [1.82, 2.24) is 9.97 Å². The van der Waals surface area contributed by atoms with Crippen LogP contribution >= 0.6 is 0 Å². The van der Waals surface area contributed by atoms with Crippen LogP contribution in [-0.4, -0.2) is 9.97 Å². The average Bonchev–Trinajstić information content (AvgIpc) is 3.07. The predicted octanol–water partition coefficient (Wildman–Crippen LogP) is 4.91. The third-order valence-electron chi connectivity index (χ3n) is 5.18. The number of rotatable bonds is 5. The van der Waals surface area contributed by atoms with Crippen LogP contribution < -0.4 is 4.74 Å². The van der Waals surface area contributed by atoms with Crippen molar-refractivity contribution >= 4 is 0 Å². The molecule has 3 aromatic rings. The highest BCUT2D eigenvalue weighted by Crippen LogP contribution is 2.43. The first-order valence-electron chi connectivity index (χ1n) is 8.94. The Morgan fingerprint density at radius 2 is 2.00 bits per heavy atom. The molecule has 1 saturated carbocycles. The molecule has 1 aliphatic carbocycles. The molecule has 1 fully saturated rings. The third-order valence-corrected chi connectivity index (χ3v) is 5.18. The molecule has 130 valence electrons. The lowest BCUT2D eigenvalue weighted by atomic mass is 9.65. The van der Waals surface area contributed by atoms with Crippen molar-refractivity contribution in [2.24, 2.45) is 0 Å². The lowest BCUT2D eigenvalue weighted by Gasteiger charge is -2.35. The number of nitrogens with one attached hydrogen (secondary N) is 1. The molecular formula is C22H21N3O. The molecule has 1 aliphatic rings. The zero-order valence-corrected chi connectivity index (χ0v) is 14.8.